The average molecular weight is 564 g/mol. The fourth-order valence-electron chi connectivity index (χ4n) is 6.14. The molecule has 2 nitrogen and oxygen atoms in total. The maximum atomic E-state index is 6.27. The van der Waals surface area contributed by atoms with Crippen LogP contribution in [0.25, 0.3) is 55.3 Å². The molecule has 0 aliphatic rings. The molecule has 7 aromatic carbocycles. The summed E-state index contributed by atoms with van der Waals surface area (Å²) < 4.78 is 6.27. The van der Waals surface area contributed by atoms with Crippen LogP contribution in [-0.2, 0) is 0 Å². The summed E-state index contributed by atoms with van der Waals surface area (Å²) in [5, 5.41) is 3.53. The number of hydrogen-bond acceptors (Lipinski definition) is 2. The molecule has 1 aromatic heterocycles. The number of anilines is 3. The lowest BCUT2D eigenvalue weighted by Crippen LogP contribution is -2.10. The Labute approximate surface area is 257 Å². The van der Waals surface area contributed by atoms with Crippen LogP contribution in [0.2, 0.25) is 0 Å². The van der Waals surface area contributed by atoms with E-state index in [4.69, 9.17) is 4.42 Å². The van der Waals surface area contributed by atoms with Crippen LogP contribution in [0.4, 0.5) is 17.1 Å². The van der Waals surface area contributed by atoms with E-state index in [1.165, 1.54) is 21.9 Å². The summed E-state index contributed by atoms with van der Waals surface area (Å²) in [5.41, 5.74) is 9.99. The van der Waals surface area contributed by atoms with E-state index in [1.807, 2.05) is 18.2 Å². The molecule has 0 radical (unpaired) electrons. The molecule has 0 amide bonds. The van der Waals surface area contributed by atoms with Gasteiger partial charge in [-0.3, -0.25) is 0 Å². The average Bonchev–Trinajstić information content (AvgIpc) is 3.54. The largest absolute Gasteiger partial charge is 0.456 e. The first-order valence-electron chi connectivity index (χ1n) is 14.9. The third-order valence-corrected chi connectivity index (χ3v) is 8.27. The standard InChI is InChI=1S/C42H29NO/c1-2-12-30(13-3-1)33-17-10-18-36(28-33)43(40-22-11-16-31-14-4-6-20-38(31)40)35-26-24-32(25-27-35)37-19-7-8-21-39(37)42-29-34-15-5-9-23-41(34)44-42/h1-29H. The SMILES string of the molecule is c1ccc(-c2cccc(N(c3ccc(-c4ccccc4-c4cc5ccccc5o4)cc3)c3cccc4ccccc34)c2)cc1. The Bertz CT molecular complexity index is 2190. The van der Waals surface area contributed by atoms with Crippen molar-refractivity contribution in [3.63, 3.8) is 0 Å². The van der Waals surface area contributed by atoms with Gasteiger partial charge in [0.15, 0.2) is 0 Å². The van der Waals surface area contributed by atoms with E-state index in [1.54, 1.807) is 0 Å². The van der Waals surface area contributed by atoms with Gasteiger partial charge in [0.1, 0.15) is 11.3 Å². The van der Waals surface area contributed by atoms with Gasteiger partial charge < -0.3 is 9.32 Å². The molecule has 0 fully saturated rings. The van der Waals surface area contributed by atoms with Crippen molar-refractivity contribution in [1.29, 1.82) is 0 Å². The minimum absolute atomic E-state index is 0.876. The Morgan fingerprint density at radius 1 is 0.386 bits per heavy atom. The predicted molar refractivity (Wildman–Crippen MR) is 185 cm³/mol. The van der Waals surface area contributed by atoms with Gasteiger partial charge in [-0.25, -0.2) is 0 Å². The molecule has 2 heteroatoms. The highest BCUT2D eigenvalue weighted by Gasteiger charge is 2.17. The molecule has 44 heavy (non-hydrogen) atoms. The summed E-state index contributed by atoms with van der Waals surface area (Å²) in [7, 11) is 0. The summed E-state index contributed by atoms with van der Waals surface area (Å²) in [6.45, 7) is 0. The molecule has 8 aromatic rings. The predicted octanol–water partition coefficient (Wildman–Crippen LogP) is 12.1. The van der Waals surface area contributed by atoms with Crippen LogP contribution in [0.1, 0.15) is 0 Å². The van der Waals surface area contributed by atoms with Crippen LogP contribution < -0.4 is 4.90 Å². The molecule has 0 saturated heterocycles. The monoisotopic (exact) mass is 563 g/mol. The van der Waals surface area contributed by atoms with Crippen LogP contribution in [0.5, 0.6) is 0 Å². The van der Waals surface area contributed by atoms with E-state index in [0.717, 1.165) is 50.5 Å². The van der Waals surface area contributed by atoms with Crippen LogP contribution in [-0.4, -0.2) is 0 Å². The van der Waals surface area contributed by atoms with Crippen molar-refractivity contribution >= 4 is 38.8 Å². The number of furan rings is 1. The van der Waals surface area contributed by atoms with Crippen molar-refractivity contribution < 1.29 is 4.42 Å². The smallest absolute Gasteiger partial charge is 0.136 e. The first-order chi connectivity index (χ1) is 21.8. The van der Waals surface area contributed by atoms with Gasteiger partial charge in [0.25, 0.3) is 0 Å². The fourth-order valence-corrected chi connectivity index (χ4v) is 6.14. The molecule has 0 saturated carbocycles. The Morgan fingerprint density at radius 2 is 1.05 bits per heavy atom. The first kappa shape index (κ1) is 25.8. The zero-order valence-electron chi connectivity index (χ0n) is 24.1. The third-order valence-electron chi connectivity index (χ3n) is 8.27. The van der Waals surface area contributed by atoms with Crippen molar-refractivity contribution in [3.05, 3.63) is 176 Å². The Hall–Kier alpha value is -5.86. The highest BCUT2D eigenvalue weighted by Crippen LogP contribution is 2.42. The Kier molecular flexibility index (Phi) is 6.51. The third kappa shape index (κ3) is 4.73. The van der Waals surface area contributed by atoms with E-state index in [9.17, 15) is 0 Å². The highest BCUT2D eigenvalue weighted by atomic mass is 16.3. The van der Waals surface area contributed by atoms with Gasteiger partial charge in [-0.2, -0.15) is 0 Å². The minimum atomic E-state index is 0.876. The number of para-hydroxylation sites is 1. The normalized spacial score (nSPS) is 11.2. The van der Waals surface area contributed by atoms with E-state index in [-0.39, 0.29) is 0 Å². The lowest BCUT2D eigenvalue weighted by Gasteiger charge is -2.27. The number of benzene rings is 7. The molecular formula is C42H29NO. The van der Waals surface area contributed by atoms with Gasteiger partial charge in [-0.15, -0.1) is 0 Å². The molecule has 8 rings (SSSR count). The van der Waals surface area contributed by atoms with Gasteiger partial charge in [0, 0.05) is 27.7 Å². The molecule has 0 bridgehead atoms. The van der Waals surface area contributed by atoms with E-state index in [0.29, 0.717) is 0 Å². The van der Waals surface area contributed by atoms with Crippen LogP contribution in [0.15, 0.2) is 180 Å². The van der Waals surface area contributed by atoms with Crippen molar-refractivity contribution in [2.45, 2.75) is 0 Å². The lowest BCUT2D eigenvalue weighted by molar-refractivity contribution is 0.632. The summed E-state index contributed by atoms with van der Waals surface area (Å²) >= 11 is 0. The molecule has 0 N–H and O–H groups in total. The fraction of sp³-hybridized carbons (Fsp3) is 0. The second-order valence-corrected chi connectivity index (χ2v) is 11.0. The van der Waals surface area contributed by atoms with Gasteiger partial charge in [-0.05, 0) is 70.1 Å². The van der Waals surface area contributed by atoms with Gasteiger partial charge >= 0.3 is 0 Å². The van der Waals surface area contributed by atoms with Crippen molar-refractivity contribution in [2.24, 2.45) is 0 Å². The lowest BCUT2D eigenvalue weighted by atomic mass is 9.97. The topological polar surface area (TPSA) is 16.4 Å². The van der Waals surface area contributed by atoms with E-state index < -0.39 is 0 Å². The first-order valence-corrected chi connectivity index (χ1v) is 14.9. The van der Waals surface area contributed by atoms with Crippen molar-refractivity contribution in [3.8, 4) is 33.6 Å². The zero-order chi connectivity index (χ0) is 29.3. The second-order valence-electron chi connectivity index (χ2n) is 11.0. The van der Waals surface area contributed by atoms with Crippen molar-refractivity contribution in [2.75, 3.05) is 4.90 Å². The molecule has 0 aliphatic carbocycles. The Morgan fingerprint density at radius 3 is 1.89 bits per heavy atom. The summed E-state index contributed by atoms with van der Waals surface area (Å²) in [6.07, 6.45) is 0. The molecule has 1 heterocycles. The maximum Gasteiger partial charge on any atom is 0.136 e. The van der Waals surface area contributed by atoms with E-state index in [2.05, 4.69) is 163 Å². The van der Waals surface area contributed by atoms with Gasteiger partial charge in [0.05, 0.1) is 5.69 Å². The zero-order valence-corrected chi connectivity index (χ0v) is 24.1. The summed E-state index contributed by atoms with van der Waals surface area (Å²) in [5.74, 6) is 0.876. The van der Waals surface area contributed by atoms with Crippen molar-refractivity contribution in [1.82, 2.24) is 0 Å². The van der Waals surface area contributed by atoms with Crippen LogP contribution in [0, 0.1) is 0 Å². The maximum absolute atomic E-state index is 6.27. The molecule has 0 aliphatic heterocycles. The highest BCUT2D eigenvalue weighted by molar-refractivity contribution is 5.99. The summed E-state index contributed by atoms with van der Waals surface area (Å²) in [4.78, 5) is 2.36. The molecule has 0 unspecified atom stereocenters. The number of nitrogens with zero attached hydrogens (tertiary/aromatic N) is 1. The molecular weight excluding hydrogens is 534 g/mol. The number of hydrogen-bond donors (Lipinski definition) is 0. The van der Waals surface area contributed by atoms with Gasteiger partial charge in [0.2, 0.25) is 0 Å². The molecule has 0 atom stereocenters. The Balaban J connectivity index is 1.25. The molecule has 208 valence electrons. The quantitative estimate of drug-likeness (QED) is 0.200. The number of rotatable bonds is 6. The minimum Gasteiger partial charge on any atom is -0.456 e. The van der Waals surface area contributed by atoms with Gasteiger partial charge in [-0.1, -0.05) is 133 Å². The molecule has 0 spiro atoms. The summed E-state index contributed by atoms with van der Waals surface area (Å²) in [6, 6.07) is 62.1. The van der Waals surface area contributed by atoms with Crippen LogP contribution in [0.3, 0.4) is 0 Å². The van der Waals surface area contributed by atoms with E-state index >= 15 is 0 Å². The number of fused-ring (bicyclic) bond motifs is 2. The van der Waals surface area contributed by atoms with Crippen LogP contribution >= 0.6 is 0 Å². The second kappa shape index (κ2) is 11.1.